The second kappa shape index (κ2) is 19.2. The van der Waals surface area contributed by atoms with Gasteiger partial charge in [-0.2, -0.15) is 0 Å². The maximum atomic E-state index is 14.1. The van der Waals surface area contributed by atoms with Crippen LogP contribution in [0.1, 0.15) is 143 Å². The van der Waals surface area contributed by atoms with E-state index in [2.05, 4.69) is 37.6 Å². The second-order valence-corrected chi connectivity index (χ2v) is 20.0. The zero-order chi connectivity index (χ0) is 45.5. The van der Waals surface area contributed by atoms with Gasteiger partial charge in [-0.05, 0) is 99.2 Å². The number of likely N-dealkylation sites (tertiary alicyclic amines) is 2. The Morgan fingerprint density at radius 1 is 0.682 bits per heavy atom. The molecule has 5 saturated heterocycles. The lowest BCUT2D eigenvalue weighted by molar-refractivity contribution is -0.135. The van der Waals surface area contributed by atoms with Gasteiger partial charge < -0.3 is 54.6 Å². The fraction of sp³-hybridized carbons (Fsp3) is 0.673. The van der Waals surface area contributed by atoms with Crippen molar-refractivity contribution in [1.29, 1.82) is 0 Å². The van der Waals surface area contributed by atoms with Gasteiger partial charge in [0.2, 0.25) is 11.8 Å². The summed E-state index contributed by atoms with van der Waals surface area (Å²) in [6.07, 6.45) is 13.6. The van der Waals surface area contributed by atoms with E-state index >= 15 is 0 Å². The van der Waals surface area contributed by atoms with Gasteiger partial charge >= 0.3 is 12.1 Å². The van der Waals surface area contributed by atoms with Crippen molar-refractivity contribution < 1.29 is 28.7 Å². The number of H-pyrrole nitrogens is 2. The third-order valence-electron chi connectivity index (χ3n) is 15.8. The summed E-state index contributed by atoms with van der Waals surface area (Å²) < 4.78 is 10.8. The highest BCUT2D eigenvalue weighted by molar-refractivity contribution is 5.88. The van der Waals surface area contributed by atoms with Crippen LogP contribution in [0.2, 0.25) is 0 Å². The van der Waals surface area contributed by atoms with Gasteiger partial charge in [-0.1, -0.05) is 26.8 Å². The normalized spacial score (nSPS) is 25.4. The van der Waals surface area contributed by atoms with Crippen LogP contribution in [0.15, 0.2) is 24.5 Å². The first kappa shape index (κ1) is 44.7. The number of carbonyl (C=O) groups excluding carboxylic acids is 4. The van der Waals surface area contributed by atoms with Crippen molar-refractivity contribution in [2.24, 2.45) is 5.92 Å². The van der Waals surface area contributed by atoms with Crippen LogP contribution in [0, 0.1) is 5.92 Å². The number of imidazole rings is 2. The summed E-state index contributed by atoms with van der Waals surface area (Å²) >= 11 is 0. The molecule has 3 aromatic rings. The number of urea groups is 2. The highest BCUT2D eigenvalue weighted by atomic mass is 16.5. The number of nitrogens with zero attached hydrogens (tertiary/aromatic N) is 7. The monoisotopic (exact) mass is 908 g/mol. The SMILES string of the molecule is CC[C@H](NC(=O)N1CCOCC1)C(=O)N1CCC[C@H]1c1ncc(-c2ccc(N3CCC(c4cnc([C@@H]5CCCN5C(=O)[C@@H](NC(=O)N5CCOCC5)C(C)C)[nH]4)CC3)c3c2C2CCC3C2)[nH]1. The summed E-state index contributed by atoms with van der Waals surface area (Å²) in [4.78, 5) is 81.3. The topological polar surface area (TPSA) is 184 Å². The Balaban J connectivity index is 0.793. The van der Waals surface area contributed by atoms with Crippen LogP contribution in [0.25, 0.3) is 11.3 Å². The largest absolute Gasteiger partial charge is 0.378 e. The summed E-state index contributed by atoms with van der Waals surface area (Å²) in [5.74, 6) is 2.98. The van der Waals surface area contributed by atoms with Crippen LogP contribution in [0.5, 0.6) is 0 Å². The van der Waals surface area contributed by atoms with E-state index in [0.717, 1.165) is 74.7 Å². The van der Waals surface area contributed by atoms with E-state index in [1.807, 2.05) is 43.0 Å². The standard InChI is InChI=1S/C49H69N11O6/c1-4-35(54-48(63)57-19-23-65-24-20-57)46(61)59-15-5-7-39(59)45-51-29-37(53-45)34-11-12-38(42-33-10-9-32(27-33)41(34)42)56-17-13-31(14-18-56)36-28-50-44(52-36)40-8-6-16-60(40)47(62)43(30(2)3)55-49(64)58-21-25-66-26-22-58/h11-12,28-33,35,39-40,43H,4-10,13-27H2,1-3H3,(H,50,52)(H,51,53)(H,54,63)(H,55,64)/t32?,33?,35-,39-,40-,43-/m0/s1. The first-order valence-electron chi connectivity index (χ1n) is 25.1. The smallest absolute Gasteiger partial charge is 0.318 e. The number of rotatable bonds is 11. The molecule has 66 heavy (non-hydrogen) atoms. The molecule has 0 spiro atoms. The molecule has 7 heterocycles. The van der Waals surface area contributed by atoms with E-state index in [4.69, 9.17) is 19.4 Å². The molecule has 2 bridgehead atoms. The van der Waals surface area contributed by atoms with E-state index in [1.54, 1.807) is 9.80 Å². The second-order valence-electron chi connectivity index (χ2n) is 20.0. The first-order chi connectivity index (χ1) is 32.2. The summed E-state index contributed by atoms with van der Waals surface area (Å²) in [6, 6.07) is 2.75. The van der Waals surface area contributed by atoms with E-state index in [9.17, 15) is 19.2 Å². The molecule has 0 radical (unpaired) electrons. The number of benzene rings is 1. The molecule has 10 rings (SSSR count). The number of nitrogens with one attached hydrogen (secondary N) is 4. The van der Waals surface area contributed by atoms with Crippen LogP contribution >= 0.6 is 0 Å². The summed E-state index contributed by atoms with van der Waals surface area (Å²) in [5, 5.41) is 6.07. The molecule has 6 amide bonds. The number of anilines is 1. The molecule has 2 aromatic heterocycles. The first-order valence-corrected chi connectivity index (χ1v) is 25.1. The number of ether oxygens (including phenoxy) is 2. The Hall–Kier alpha value is -5.16. The lowest BCUT2D eigenvalue weighted by Crippen LogP contribution is -2.55. The molecule has 356 valence electrons. The van der Waals surface area contributed by atoms with Crippen LogP contribution in [-0.2, 0) is 19.1 Å². The van der Waals surface area contributed by atoms with Crippen LogP contribution in [0.4, 0.5) is 15.3 Å². The number of hydrogen-bond acceptors (Lipinski definition) is 9. The zero-order valence-corrected chi connectivity index (χ0v) is 39.1. The minimum Gasteiger partial charge on any atom is -0.378 e. The van der Waals surface area contributed by atoms with Gasteiger partial charge in [-0.15, -0.1) is 0 Å². The molecule has 5 aliphatic heterocycles. The lowest BCUT2D eigenvalue weighted by atomic mass is 9.85. The quantitative estimate of drug-likeness (QED) is 0.186. The number of fused-ring (bicyclic) bond motifs is 5. The number of amides is 6. The van der Waals surface area contributed by atoms with Gasteiger partial charge in [0.05, 0.1) is 50.4 Å². The molecule has 7 aliphatic rings. The Kier molecular flexibility index (Phi) is 13.0. The zero-order valence-electron chi connectivity index (χ0n) is 39.1. The summed E-state index contributed by atoms with van der Waals surface area (Å²) in [7, 11) is 0. The van der Waals surface area contributed by atoms with Gasteiger partial charge in [0.15, 0.2) is 0 Å². The molecular formula is C49H69N11O6. The summed E-state index contributed by atoms with van der Waals surface area (Å²) in [5.41, 5.74) is 7.77. The molecule has 2 unspecified atom stereocenters. The van der Waals surface area contributed by atoms with Crippen LogP contribution in [0.3, 0.4) is 0 Å². The van der Waals surface area contributed by atoms with Crippen molar-refractivity contribution >= 4 is 29.6 Å². The average Bonchev–Trinajstić information content (AvgIpc) is 4.22. The van der Waals surface area contributed by atoms with Crippen molar-refractivity contribution in [3.8, 4) is 11.3 Å². The molecule has 6 fully saturated rings. The molecule has 17 nitrogen and oxygen atoms in total. The summed E-state index contributed by atoms with van der Waals surface area (Å²) in [6.45, 7) is 13.3. The number of morpholine rings is 2. The van der Waals surface area contributed by atoms with Gasteiger partial charge in [0.1, 0.15) is 23.7 Å². The molecule has 1 aromatic carbocycles. The Bertz CT molecular complexity index is 2240. The van der Waals surface area contributed by atoms with Gasteiger partial charge in [0.25, 0.3) is 0 Å². The predicted octanol–water partition coefficient (Wildman–Crippen LogP) is 5.76. The highest BCUT2D eigenvalue weighted by Gasteiger charge is 2.43. The van der Waals surface area contributed by atoms with Gasteiger partial charge in [-0.25, -0.2) is 19.6 Å². The number of hydrogen-bond donors (Lipinski definition) is 4. The fourth-order valence-corrected chi connectivity index (χ4v) is 12.2. The van der Waals surface area contributed by atoms with Crippen LogP contribution < -0.4 is 15.5 Å². The molecule has 6 atom stereocenters. The van der Waals surface area contributed by atoms with Crippen LogP contribution in [-0.4, -0.2) is 154 Å². The molecule has 2 aliphatic carbocycles. The number of aromatic amines is 2. The third-order valence-corrected chi connectivity index (χ3v) is 15.8. The molecule has 17 heteroatoms. The molecule has 4 N–H and O–H groups in total. The molecule has 1 saturated carbocycles. The van der Waals surface area contributed by atoms with E-state index in [-0.39, 0.29) is 41.9 Å². The van der Waals surface area contributed by atoms with Crippen molar-refractivity contribution in [3.63, 3.8) is 0 Å². The highest BCUT2D eigenvalue weighted by Crippen LogP contribution is 2.58. The predicted molar refractivity (Wildman–Crippen MR) is 248 cm³/mol. The van der Waals surface area contributed by atoms with E-state index < -0.39 is 12.1 Å². The maximum absolute atomic E-state index is 14.1. The van der Waals surface area contributed by atoms with Crippen molar-refractivity contribution in [1.82, 2.24) is 50.2 Å². The Morgan fingerprint density at radius 3 is 1.91 bits per heavy atom. The average molecular weight is 908 g/mol. The minimum atomic E-state index is -0.607. The van der Waals surface area contributed by atoms with Crippen molar-refractivity contribution in [2.45, 2.75) is 127 Å². The minimum absolute atomic E-state index is 0.0405. The number of carbonyl (C=O) groups is 4. The lowest BCUT2D eigenvalue weighted by Gasteiger charge is -2.36. The van der Waals surface area contributed by atoms with E-state index in [0.29, 0.717) is 89.9 Å². The Morgan fingerprint density at radius 2 is 1.27 bits per heavy atom. The number of piperidine rings is 1. The number of aromatic nitrogens is 4. The Labute approximate surface area is 388 Å². The molecular weight excluding hydrogens is 839 g/mol. The van der Waals surface area contributed by atoms with Gasteiger partial charge in [0, 0.05) is 81.4 Å². The van der Waals surface area contributed by atoms with Crippen molar-refractivity contribution in [3.05, 3.63) is 53.0 Å². The maximum Gasteiger partial charge on any atom is 0.318 e. The van der Waals surface area contributed by atoms with Gasteiger partial charge in [-0.3, -0.25) is 9.59 Å². The van der Waals surface area contributed by atoms with E-state index in [1.165, 1.54) is 41.6 Å². The third kappa shape index (κ3) is 8.65. The van der Waals surface area contributed by atoms with Crippen molar-refractivity contribution in [2.75, 3.05) is 83.7 Å². The fourth-order valence-electron chi connectivity index (χ4n) is 12.2.